The third kappa shape index (κ3) is 3.64. The average Bonchev–Trinajstić information content (AvgIpc) is 2.53. The van der Waals surface area contributed by atoms with E-state index in [2.05, 4.69) is 22.9 Å². The minimum absolute atomic E-state index is 0.0376. The molecule has 5 rings (SSSR count). The minimum atomic E-state index is -0.0805. The summed E-state index contributed by atoms with van der Waals surface area (Å²) < 4.78 is 0. The fourth-order valence-electron chi connectivity index (χ4n) is 6.19. The van der Waals surface area contributed by atoms with Crippen molar-refractivity contribution in [3.05, 3.63) is 0 Å². The van der Waals surface area contributed by atoms with Crippen molar-refractivity contribution >= 4 is 11.9 Å². The molecule has 0 radical (unpaired) electrons. The molecule has 3 N–H and O–H groups in total. The van der Waals surface area contributed by atoms with E-state index in [4.69, 9.17) is 0 Å². The molecule has 1 aliphatic heterocycles. The molecular weight excluding hydrogens is 316 g/mol. The van der Waals surface area contributed by atoms with Crippen LogP contribution in [0.4, 0.5) is 4.79 Å². The Kier molecular flexibility index (Phi) is 4.65. The van der Waals surface area contributed by atoms with E-state index in [-0.39, 0.29) is 23.5 Å². The first-order valence-corrected chi connectivity index (χ1v) is 10.1. The first-order valence-electron chi connectivity index (χ1n) is 10.1. The van der Waals surface area contributed by atoms with Crippen LogP contribution in [0.5, 0.6) is 0 Å². The number of nitrogens with one attached hydrogen (secondary N) is 3. The molecule has 4 saturated carbocycles. The number of amides is 3. The number of urea groups is 1. The fraction of sp³-hybridized carbons (Fsp3) is 0.895. The average molecular weight is 348 g/mol. The number of hydrogen-bond donors (Lipinski definition) is 3. The van der Waals surface area contributed by atoms with E-state index in [9.17, 15) is 9.59 Å². The van der Waals surface area contributed by atoms with E-state index in [0.717, 1.165) is 56.7 Å². The van der Waals surface area contributed by atoms with Gasteiger partial charge >= 0.3 is 6.03 Å². The van der Waals surface area contributed by atoms with Crippen LogP contribution in [0.15, 0.2) is 0 Å². The highest BCUT2D eigenvalue weighted by molar-refractivity contribution is 5.79. The molecule has 6 nitrogen and oxygen atoms in total. The molecule has 1 unspecified atom stereocenters. The zero-order valence-corrected chi connectivity index (χ0v) is 15.4. The summed E-state index contributed by atoms with van der Waals surface area (Å²) >= 11 is 0. The molecule has 1 heterocycles. The lowest BCUT2D eigenvalue weighted by molar-refractivity contribution is -0.133. The van der Waals surface area contributed by atoms with Gasteiger partial charge in [-0.3, -0.25) is 4.79 Å². The molecule has 1 atom stereocenters. The lowest BCUT2D eigenvalue weighted by Gasteiger charge is -2.56. The predicted molar refractivity (Wildman–Crippen MR) is 96.1 cm³/mol. The Morgan fingerprint density at radius 1 is 1.12 bits per heavy atom. The van der Waals surface area contributed by atoms with Gasteiger partial charge in [-0.25, -0.2) is 4.79 Å². The smallest absolute Gasteiger partial charge is 0.315 e. The lowest BCUT2D eigenvalue weighted by Crippen LogP contribution is -2.61. The Bertz CT molecular complexity index is 500. The zero-order chi connectivity index (χ0) is 17.4. The van der Waals surface area contributed by atoms with Gasteiger partial charge in [0.25, 0.3) is 0 Å². The predicted octanol–water partition coefficient (Wildman–Crippen LogP) is 1.46. The molecule has 4 aliphatic carbocycles. The number of carbonyl (C=O) groups excluding carboxylic acids is 2. The van der Waals surface area contributed by atoms with Crippen LogP contribution in [-0.4, -0.2) is 54.6 Å². The maximum absolute atomic E-state index is 12.4. The molecule has 6 heteroatoms. The van der Waals surface area contributed by atoms with Gasteiger partial charge in [-0.1, -0.05) is 0 Å². The second-order valence-electron chi connectivity index (χ2n) is 8.97. The highest BCUT2D eigenvalue weighted by atomic mass is 16.2. The van der Waals surface area contributed by atoms with E-state index >= 15 is 0 Å². The van der Waals surface area contributed by atoms with E-state index in [0.29, 0.717) is 13.0 Å². The highest BCUT2D eigenvalue weighted by Crippen LogP contribution is 2.55. The van der Waals surface area contributed by atoms with Gasteiger partial charge < -0.3 is 20.9 Å². The summed E-state index contributed by atoms with van der Waals surface area (Å²) in [4.78, 5) is 26.6. The van der Waals surface area contributed by atoms with E-state index < -0.39 is 0 Å². The number of piperazine rings is 1. The van der Waals surface area contributed by atoms with Crippen molar-refractivity contribution in [3.63, 3.8) is 0 Å². The van der Waals surface area contributed by atoms with Crippen LogP contribution in [0.25, 0.3) is 0 Å². The molecular formula is C19H32N4O2. The van der Waals surface area contributed by atoms with Crippen molar-refractivity contribution in [1.82, 2.24) is 20.9 Å². The number of hydrogen-bond acceptors (Lipinski definition) is 3. The molecule has 5 fully saturated rings. The summed E-state index contributed by atoms with van der Waals surface area (Å²) in [6.07, 6.45) is 7.98. The summed E-state index contributed by atoms with van der Waals surface area (Å²) in [6, 6.07) is 0.158. The molecule has 1 saturated heterocycles. The Morgan fingerprint density at radius 3 is 2.36 bits per heavy atom. The van der Waals surface area contributed by atoms with Gasteiger partial charge in [-0.15, -0.1) is 0 Å². The van der Waals surface area contributed by atoms with Crippen molar-refractivity contribution in [3.8, 4) is 0 Å². The van der Waals surface area contributed by atoms with Crippen molar-refractivity contribution in [2.75, 3.05) is 26.2 Å². The molecule has 140 valence electrons. The molecule has 0 aromatic rings. The monoisotopic (exact) mass is 348 g/mol. The minimum Gasteiger partial charge on any atom is -0.338 e. The molecule has 3 amide bonds. The third-order valence-corrected chi connectivity index (χ3v) is 6.86. The number of carbonyl (C=O) groups is 2. The Morgan fingerprint density at radius 2 is 1.76 bits per heavy atom. The summed E-state index contributed by atoms with van der Waals surface area (Å²) in [5.41, 5.74) is 0.0376. The molecule has 0 aromatic heterocycles. The first kappa shape index (κ1) is 17.1. The topological polar surface area (TPSA) is 73.5 Å². The molecule has 0 aromatic carbocycles. The van der Waals surface area contributed by atoms with Gasteiger partial charge in [0.15, 0.2) is 0 Å². The van der Waals surface area contributed by atoms with Crippen molar-refractivity contribution in [1.29, 1.82) is 0 Å². The highest BCUT2D eigenvalue weighted by Gasteiger charge is 2.51. The number of nitrogens with zero attached hydrogens (tertiary/aromatic N) is 1. The quantitative estimate of drug-likeness (QED) is 0.720. The van der Waals surface area contributed by atoms with Crippen molar-refractivity contribution in [2.24, 2.45) is 17.8 Å². The molecule has 4 bridgehead atoms. The Labute approximate surface area is 150 Å². The Balaban J connectivity index is 1.22. The largest absolute Gasteiger partial charge is 0.338 e. The van der Waals surface area contributed by atoms with Crippen LogP contribution in [0.1, 0.15) is 51.9 Å². The second kappa shape index (κ2) is 6.78. The van der Waals surface area contributed by atoms with Gasteiger partial charge in [0.2, 0.25) is 5.91 Å². The van der Waals surface area contributed by atoms with Gasteiger partial charge in [-0.2, -0.15) is 0 Å². The van der Waals surface area contributed by atoms with E-state index in [1.807, 2.05) is 4.90 Å². The standard InChI is InChI=1S/C19H32N4O2/c1-13-12-20-4-5-23(13)17(24)2-3-21-18(25)22-19-9-14-6-15(10-19)8-16(7-14)11-19/h13-16,20H,2-12H2,1H3,(H2,21,22,25). The fourth-order valence-corrected chi connectivity index (χ4v) is 6.19. The number of rotatable bonds is 4. The maximum Gasteiger partial charge on any atom is 0.315 e. The Hall–Kier alpha value is -1.30. The van der Waals surface area contributed by atoms with Gasteiger partial charge in [-0.05, 0) is 63.2 Å². The third-order valence-electron chi connectivity index (χ3n) is 6.86. The zero-order valence-electron chi connectivity index (χ0n) is 15.4. The SMILES string of the molecule is CC1CNCCN1C(=O)CCNC(=O)NC12CC3CC(CC(C3)C1)C2. The summed E-state index contributed by atoms with van der Waals surface area (Å²) in [5.74, 6) is 2.61. The van der Waals surface area contributed by atoms with Crippen LogP contribution in [0.2, 0.25) is 0 Å². The van der Waals surface area contributed by atoms with Crippen molar-refractivity contribution in [2.45, 2.75) is 63.5 Å². The van der Waals surface area contributed by atoms with Crippen LogP contribution in [-0.2, 0) is 4.79 Å². The van der Waals surface area contributed by atoms with Gasteiger partial charge in [0.1, 0.15) is 0 Å². The first-order chi connectivity index (χ1) is 12.0. The summed E-state index contributed by atoms with van der Waals surface area (Å²) in [7, 11) is 0. The summed E-state index contributed by atoms with van der Waals surface area (Å²) in [6.45, 7) is 4.96. The van der Waals surface area contributed by atoms with Crippen LogP contribution in [0.3, 0.4) is 0 Å². The van der Waals surface area contributed by atoms with Crippen molar-refractivity contribution < 1.29 is 9.59 Å². The van der Waals surface area contributed by atoms with Crippen LogP contribution >= 0.6 is 0 Å². The lowest BCUT2D eigenvalue weighted by atomic mass is 9.53. The normalized spacial score (nSPS) is 39.3. The van der Waals surface area contributed by atoms with Crippen LogP contribution < -0.4 is 16.0 Å². The van der Waals surface area contributed by atoms with Gasteiger partial charge in [0, 0.05) is 44.2 Å². The molecule has 25 heavy (non-hydrogen) atoms. The second-order valence-corrected chi connectivity index (χ2v) is 8.97. The van der Waals surface area contributed by atoms with Gasteiger partial charge in [0.05, 0.1) is 0 Å². The van der Waals surface area contributed by atoms with E-state index in [1.165, 1.54) is 19.3 Å². The van der Waals surface area contributed by atoms with E-state index in [1.54, 1.807) is 0 Å². The summed E-state index contributed by atoms with van der Waals surface area (Å²) in [5, 5.41) is 9.52. The van der Waals surface area contributed by atoms with Crippen LogP contribution in [0, 0.1) is 17.8 Å². The maximum atomic E-state index is 12.4. The molecule has 0 spiro atoms. The molecule has 5 aliphatic rings.